The Balaban J connectivity index is 0.000000597. The van der Waals surface area contributed by atoms with Crippen molar-refractivity contribution in [2.24, 2.45) is 0 Å². The molecule has 0 bridgehead atoms. The van der Waals surface area contributed by atoms with Crippen molar-refractivity contribution in [2.75, 3.05) is 0 Å². The fourth-order valence-electron chi connectivity index (χ4n) is 2.59. The Labute approximate surface area is 151 Å². The number of benzene rings is 1. The van der Waals surface area contributed by atoms with Crippen LogP contribution in [-0.2, 0) is 10.4 Å². The van der Waals surface area contributed by atoms with Crippen molar-refractivity contribution in [2.45, 2.75) is 45.4 Å². The van der Waals surface area contributed by atoms with Crippen molar-refractivity contribution in [1.82, 2.24) is 10.3 Å². The molecular formula is C16H24N2O7S. The van der Waals surface area contributed by atoms with Gasteiger partial charge in [-0.05, 0) is 24.1 Å². The number of phenolic OH excluding ortho intramolecular Hbond substituents is 1. The van der Waals surface area contributed by atoms with Gasteiger partial charge in [0, 0.05) is 23.5 Å². The second-order valence-corrected chi connectivity index (χ2v) is 6.91. The monoisotopic (exact) mass is 388 g/mol. The number of phenols is 1. The van der Waals surface area contributed by atoms with Crippen LogP contribution in [0.3, 0.4) is 0 Å². The molecule has 2 aromatic rings. The van der Waals surface area contributed by atoms with E-state index in [9.17, 15) is 15.0 Å². The molecular weight excluding hydrogens is 364 g/mol. The quantitative estimate of drug-likeness (QED) is 0.419. The fraction of sp³-hybridized carbons (Fsp3) is 0.438. The van der Waals surface area contributed by atoms with Crippen molar-refractivity contribution < 1.29 is 27.7 Å². The number of hydrogen-bond donors (Lipinski definition) is 6. The summed E-state index contributed by atoms with van der Waals surface area (Å²) in [5.41, 5.74) is 0.772. The number of hydrogen-bond acceptors (Lipinski definition) is 6. The number of pyridine rings is 1. The van der Waals surface area contributed by atoms with Crippen LogP contribution in [0, 0.1) is 0 Å². The van der Waals surface area contributed by atoms with Crippen LogP contribution < -0.4 is 10.9 Å². The molecule has 1 heterocycles. The summed E-state index contributed by atoms with van der Waals surface area (Å²) < 4.78 is 31.6. The topological polar surface area (TPSA) is 160 Å². The number of fused-ring (bicyclic) bond motifs is 1. The second-order valence-electron chi connectivity index (χ2n) is 6.01. The highest BCUT2D eigenvalue weighted by molar-refractivity contribution is 7.79. The minimum atomic E-state index is -4.67. The molecule has 0 amide bonds. The lowest BCUT2D eigenvalue weighted by molar-refractivity contribution is 0.123. The largest absolute Gasteiger partial charge is 0.506 e. The summed E-state index contributed by atoms with van der Waals surface area (Å²) in [5, 5.41) is 24.5. The van der Waals surface area contributed by atoms with Gasteiger partial charge in [0.25, 0.3) is 0 Å². The van der Waals surface area contributed by atoms with Crippen LogP contribution in [0.1, 0.15) is 38.9 Å². The smallest absolute Gasteiger partial charge is 0.394 e. The standard InChI is InChI=1S/C16H22N2O3.H2O4S/c1-4-12(17-9(2)3)16(21)11-5-7-13(19)15-10(11)6-8-14(20)18-15;1-5(2,3)4/h5-9,12,16-17,19,21H,4H2,1-3H3,(H,18,20);(H2,1,2,3,4). The zero-order valence-corrected chi connectivity index (χ0v) is 15.5. The van der Waals surface area contributed by atoms with E-state index in [0.29, 0.717) is 16.5 Å². The molecule has 10 heteroatoms. The van der Waals surface area contributed by atoms with Gasteiger partial charge in [0.2, 0.25) is 5.56 Å². The van der Waals surface area contributed by atoms with E-state index < -0.39 is 16.5 Å². The highest BCUT2D eigenvalue weighted by Crippen LogP contribution is 2.30. The molecule has 0 aliphatic rings. The number of rotatable bonds is 5. The first-order valence-electron chi connectivity index (χ1n) is 7.93. The van der Waals surface area contributed by atoms with Crippen molar-refractivity contribution in [1.29, 1.82) is 0 Å². The van der Waals surface area contributed by atoms with Gasteiger partial charge in [-0.25, -0.2) is 0 Å². The highest BCUT2D eigenvalue weighted by Gasteiger charge is 2.22. The van der Waals surface area contributed by atoms with Gasteiger partial charge in [0.15, 0.2) is 0 Å². The maximum absolute atomic E-state index is 11.4. The molecule has 0 saturated carbocycles. The molecule has 146 valence electrons. The van der Waals surface area contributed by atoms with Gasteiger partial charge in [-0.1, -0.05) is 26.8 Å². The minimum Gasteiger partial charge on any atom is -0.506 e. The van der Waals surface area contributed by atoms with Gasteiger partial charge < -0.3 is 20.5 Å². The summed E-state index contributed by atoms with van der Waals surface area (Å²) in [4.78, 5) is 14.0. The average Bonchev–Trinajstić information content (AvgIpc) is 2.51. The highest BCUT2D eigenvalue weighted by atomic mass is 32.3. The summed E-state index contributed by atoms with van der Waals surface area (Å²) in [7, 11) is -4.67. The number of H-pyrrole nitrogens is 1. The Morgan fingerprint density at radius 2 is 1.73 bits per heavy atom. The van der Waals surface area contributed by atoms with Gasteiger partial charge >= 0.3 is 10.4 Å². The zero-order valence-electron chi connectivity index (χ0n) is 14.7. The molecule has 2 rings (SSSR count). The fourth-order valence-corrected chi connectivity index (χ4v) is 2.59. The maximum Gasteiger partial charge on any atom is 0.394 e. The van der Waals surface area contributed by atoms with E-state index in [2.05, 4.69) is 10.3 Å². The number of aliphatic hydroxyl groups is 1. The van der Waals surface area contributed by atoms with Gasteiger partial charge in [-0.3, -0.25) is 13.9 Å². The molecule has 0 aliphatic heterocycles. The van der Waals surface area contributed by atoms with E-state index in [1.54, 1.807) is 12.1 Å². The van der Waals surface area contributed by atoms with E-state index in [1.165, 1.54) is 12.1 Å². The minimum absolute atomic E-state index is 0.00326. The van der Waals surface area contributed by atoms with Crippen LogP contribution in [0.15, 0.2) is 29.1 Å². The van der Waals surface area contributed by atoms with Crippen LogP contribution in [0.4, 0.5) is 0 Å². The van der Waals surface area contributed by atoms with Crippen LogP contribution >= 0.6 is 0 Å². The summed E-state index contributed by atoms with van der Waals surface area (Å²) in [6.45, 7) is 6.07. The average molecular weight is 388 g/mol. The Morgan fingerprint density at radius 1 is 1.15 bits per heavy atom. The Hall–Kier alpha value is -1.98. The second kappa shape index (κ2) is 9.10. The first-order valence-corrected chi connectivity index (χ1v) is 9.32. The Bertz CT molecular complexity index is 885. The van der Waals surface area contributed by atoms with E-state index in [-0.39, 0.29) is 23.4 Å². The summed E-state index contributed by atoms with van der Waals surface area (Å²) in [5.74, 6) is 0.00326. The molecule has 0 fully saturated rings. The number of aromatic hydroxyl groups is 1. The third-order valence-corrected chi connectivity index (χ3v) is 3.59. The first kappa shape index (κ1) is 22.1. The molecule has 6 N–H and O–H groups in total. The molecule has 1 aromatic carbocycles. The van der Waals surface area contributed by atoms with Crippen LogP contribution in [0.25, 0.3) is 10.9 Å². The predicted octanol–water partition coefficient (Wildman–Crippen LogP) is 1.39. The van der Waals surface area contributed by atoms with Crippen molar-refractivity contribution >= 4 is 21.3 Å². The van der Waals surface area contributed by atoms with Crippen LogP contribution in [0.5, 0.6) is 5.75 Å². The van der Waals surface area contributed by atoms with Crippen molar-refractivity contribution in [3.63, 3.8) is 0 Å². The van der Waals surface area contributed by atoms with Crippen LogP contribution in [-0.4, -0.2) is 44.8 Å². The molecule has 2 atom stereocenters. The SMILES string of the molecule is CCC(NC(C)C)C(O)c1ccc(O)c2[nH]c(=O)ccc12.O=S(=O)(O)O. The third-order valence-electron chi connectivity index (χ3n) is 3.59. The number of nitrogens with one attached hydrogen (secondary N) is 2. The summed E-state index contributed by atoms with van der Waals surface area (Å²) >= 11 is 0. The molecule has 0 spiro atoms. The lowest BCUT2D eigenvalue weighted by atomic mass is 9.95. The lowest BCUT2D eigenvalue weighted by Crippen LogP contribution is -2.39. The molecule has 9 nitrogen and oxygen atoms in total. The van der Waals surface area contributed by atoms with E-state index in [0.717, 1.165) is 6.42 Å². The van der Waals surface area contributed by atoms with Gasteiger partial charge in [-0.2, -0.15) is 8.42 Å². The Morgan fingerprint density at radius 3 is 2.23 bits per heavy atom. The third kappa shape index (κ3) is 6.73. The van der Waals surface area contributed by atoms with Gasteiger partial charge in [0.1, 0.15) is 5.75 Å². The van der Waals surface area contributed by atoms with E-state index in [4.69, 9.17) is 17.5 Å². The molecule has 0 aliphatic carbocycles. The number of aromatic nitrogens is 1. The van der Waals surface area contributed by atoms with Crippen molar-refractivity contribution in [3.8, 4) is 5.75 Å². The lowest BCUT2D eigenvalue weighted by Gasteiger charge is -2.26. The van der Waals surface area contributed by atoms with Gasteiger partial charge in [-0.15, -0.1) is 0 Å². The van der Waals surface area contributed by atoms with Crippen molar-refractivity contribution in [3.05, 3.63) is 40.2 Å². The maximum atomic E-state index is 11.4. The first-order chi connectivity index (χ1) is 11.9. The van der Waals surface area contributed by atoms with E-state index >= 15 is 0 Å². The molecule has 1 aromatic heterocycles. The van der Waals surface area contributed by atoms with Gasteiger partial charge in [0.05, 0.1) is 11.6 Å². The summed E-state index contributed by atoms with van der Waals surface area (Å²) in [6, 6.07) is 6.39. The number of aliphatic hydroxyl groups excluding tert-OH is 1. The molecule has 26 heavy (non-hydrogen) atoms. The van der Waals surface area contributed by atoms with E-state index in [1.807, 2.05) is 20.8 Å². The molecule has 0 saturated heterocycles. The molecule has 2 unspecified atom stereocenters. The predicted molar refractivity (Wildman–Crippen MR) is 97.7 cm³/mol. The normalized spacial score (nSPS) is 14.0. The molecule has 0 radical (unpaired) electrons. The zero-order chi connectivity index (χ0) is 20.1. The Kier molecular flexibility index (Phi) is 7.72. The number of aromatic amines is 1. The summed E-state index contributed by atoms with van der Waals surface area (Å²) in [6.07, 6.45) is 0.0526. The van der Waals surface area contributed by atoms with Crippen LogP contribution in [0.2, 0.25) is 0 Å².